The third-order valence-electron chi connectivity index (χ3n) is 5.53. The first-order chi connectivity index (χ1) is 14.7. The second-order valence-corrected chi connectivity index (χ2v) is 8.57. The van der Waals surface area contributed by atoms with Gasteiger partial charge in [0.05, 0.1) is 22.9 Å². The number of thiazole rings is 1. The molecule has 1 fully saturated rings. The van der Waals surface area contributed by atoms with Crippen molar-refractivity contribution < 1.29 is 19.0 Å². The van der Waals surface area contributed by atoms with Gasteiger partial charge in [-0.3, -0.25) is 9.69 Å². The lowest BCUT2D eigenvalue weighted by molar-refractivity contribution is 0.0916. The van der Waals surface area contributed by atoms with E-state index >= 15 is 0 Å². The van der Waals surface area contributed by atoms with Crippen LogP contribution in [0.25, 0.3) is 10.2 Å². The molecule has 5 rings (SSSR count). The summed E-state index contributed by atoms with van der Waals surface area (Å²) in [5.74, 6) is 1.19. The molecule has 3 aromatic rings. The van der Waals surface area contributed by atoms with E-state index in [-0.39, 0.29) is 12.0 Å². The fraction of sp³-hybridized carbons (Fsp3) is 0.391. The molecule has 1 atom stereocenters. The van der Waals surface area contributed by atoms with E-state index in [4.69, 9.17) is 19.2 Å². The molecule has 156 valence electrons. The summed E-state index contributed by atoms with van der Waals surface area (Å²) in [5.41, 5.74) is 2.74. The SMILES string of the molecule is CCc1ccc2nc(N(CC3CCCO3)C(=O)c3ccc4c(c3)OCCO4)sc2c1. The summed E-state index contributed by atoms with van der Waals surface area (Å²) in [7, 11) is 0. The first kappa shape index (κ1) is 19.3. The van der Waals surface area contributed by atoms with Gasteiger partial charge in [-0.15, -0.1) is 0 Å². The summed E-state index contributed by atoms with van der Waals surface area (Å²) in [6, 6.07) is 11.7. The molecule has 0 spiro atoms. The monoisotopic (exact) mass is 424 g/mol. The average molecular weight is 425 g/mol. The molecule has 2 aliphatic rings. The Morgan fingerprint density at radius 1 is 1.13 bits per heavy atom. The van der Waals surface area contributed by atoms with Crippen LogP contribution in [0.2, 0.25) is 0 Å². The lowest BCUT2D eigenvalue weighted by Crippen LogP contribution is -2.37. The molecule has 6 nitrogen and oxygen atoms in total. The van der Waals surface area contributed by atoms with E-state index in [1.807, 2.05) is 6.07 Å². The molecule has 1 unspecified atom stereocenters. The van der Waals surface area contributed by atoms with Crippen molar-refractivity contribution in [1.29, 1.82) is 0 Å². The summed E-state index contributed by atoms with van der Waals surface area (Å²) in [5, 5.41) is 0.702. The number of hydrogen-bond acceptors (Lipinski definition) is 6. The predicted octanol–water partition coefficient (Wildman–Crippen LogP) is 4.46. The number of amides is 1. The van der Waals surface area contributed by atoms with Crippen LogP contribution in [-0.4, -0.2) is 43.4 Å². The third-order valence-corrected chi connectivity index (χ3v) is 6.57. The van der Waals surface area contributed by atoms with Gasteiger partial charge in [0, 0.05) is 12.2 Å². The van der Waals surface area contributed by atoms with Gasteiger partial charge >= 0.3 is 0 Å². The highest BCUT2D eigenvalue weighted by Crippen LogP contribution is 2.34. The summed E-state index contributed by atoms with van der Waals surface area (Å²) in [6.07, 6.45) is 2.98. The molecule has 0 radical (unpaired) electrons. The van der Waals surface area contributed by atoms with Crippen LogP contribution in [0.4, 0.5) is 5.13 Å². The van der Waals surface area contributed by atoms with Crippen molar-refractivity contribution in [3.63, 3.8) is 0 Å². The van der Waals surface area contributed by atoms with E-state index in [1.165, 1.54) is 5.56 Å². The number of benzene rings is 2. The van der Waals surface area contributed by atoms with Crippen molar-refractivity contribution in [2.24, 2.45) is 0 Å². The number of nitrogens with zero attached hydrogens (tertiary/aromatic N) is 2. The smallest absolute Gasteiger partial charge is 0.260 e. The van der Waals surface area contributed by atoms with Crippen molar-refractivity contribution >= 4 is 32.6 Å². The maximum Gasteiger partial charge on any atom is 0.260 e. The van der Waals surface area contributed by atoms with E-state index in [2.05, 4.69) is 19.1 Å². The maximum atomic E-state index is 13.6. The van der Waals surface area contributed by atoms with Gasteiger partial charge in [-0.25, -0.2) is 4.98 Å². The van der Waals surface area contributed by atoms with Crippen LogP contribution in [0, 0.1) is 0 Å². The van der Waals surface area contributed by atoms with Crippen LogP contribution in [0.15, 0.2) is 36.4 Å². The van der Waals surface area contributed by atoms with Crippen molar-refractivity contribution in [1.82, 2.24) is 4.98 Å². The van der Waals surface area contributed by atoms with Crippen molar-refractivity contribution in [3.8, 4) is 11.5 Å². The third kappa shape index (κ3) is 3.75. The Morgan fingerprint density at radius 2 is 2.00 bits per heavy atom. The minimum absolute atomic E-state index is 0.0318. The number of carbonyl (C=O) groups excluding carboxylic acids is 1. The molecule has 0 N–H and O–H groups in total. The van der Waals surface area contributed by atoms with E-state index < -0.39 is 0 Å². The largest absolute Gasteiger partial charge is 0.486 e. The van der Waals surface area contributed by atoms with E-state index in [0.29, 0.717) is 42.0 Å². The quantitative estimate of drug-likeness (QED) is 0.605. The Balaban J connectivity index is 1.50. The highest BCUT2D eigenvalue weighted by Gasteiger charge is 2.28. The van der Waals surface area contributed by atoms with Crippen LogP contribution < -0.4 is 14.4 Å². The summed E-state index contributed by atoms with van der Waals surface area (Å²) < 4.78 is 18.2. The molecule has 1 amide bonds. The van der Waals surface area contributed by atoms with Gasteiger partial charge in [0.2, 0.25) is 0 Å². The number of carbonyl (C=O) groups is 1. The van der Waals surface area contributed by atoms with Crippen molar-refractivity contribution in [3.05, 3.63) is 47.5 Å². The van der Waals surface area contributed by atoms with Gasteiger partial charge in [0.1, 0.15) is 13.2 Å². The Hall–Kier alpha value is -2.64. The number of aromatic nitrogens is 1. The highest BCUT2D eigenvalue weighted by molar-refractivity contribution is 7.22. The number of ether oxygens (including phenoxy) is 3. The number of anilines is 1. The predicted molar refractivity (Wildman–Crippen MR) is 117 cm³/mol. The Morgan fingerprint density at radius 3 is 2.80 bits per heavy atom. The number of fused-ring (bicyclic) bond motifs is 2. The normalized spacial score (nSPS) is 18.0. The van der Waals surface area contributed by atoms with E-state index in [9.17, 15) is 4.79 Å². The fourth-order valence-electron chi connectivity index (χ4n) is 3.86. The molecule has 3 heterocycles. The molecular formula is C23H24N2O4S. The molecule has 1 aromatic heterocycles. The van der Waals surface area contributed by atoms with Crippen molar-refractivity contribution in [2.45, 2.75) is 32.3 Å². The summed E-state index contributed by atoms with van der Waals surface area (Å²) in [4.78, 5) is 20.1. The zero-order valence-electron chi connectivity index (χ0n) is 16.9. The second kappa shape index (κ2) is 8.24. The minimum atomic E-state index is -0.0998. The minimum Gasteiger partial charge on any atom is -0.486 e. The van der Waals surface area contributed by atoms with Crippen LogP contribution in [0.5, 0.6) is 11.5 Å². The Labute approximate surface area is 179 Å². The van der Waals surface area contributed by atoms with Gasteiger partial charge in [0.15, 0.2) is 16.6 Å². The van der Waals surface area contributed by atoms with E-state index in [1.54, 1.807) is 34.4 Å². The molecule has 1 saturated heterocycles. The van der Waals surface area contributed by atoms with Gasteiger partial charge in [-0.2, -0.15) is 0 Å². The molecule has 0 saturated carbocycles. The topological polar surface area (TPSA) is 60.9 Å². The number of rotatable bonds is 5. The van der Waals surface area contributed by atoms with Crippen LogP contribution in [0.3, 0.4) is 0 Å². The molecule has 7 heteroatoms. The molecule has 0 aliphatic carbocycles. The van der Waals surface area contributed by atoms with Crippen molar-refractivity contribution in [2.75, 3.05) is 31.3 Å². The standard InChI is InChI=1S/C23H24N2O4S/c1-2-15-5-7-18-21(12-15)30-23(24-18)25(14-17-4-3-9-27-17)22(26)16-6-8-19-20(13-16)29-11-10-28-19/h5-8,12-13,17H,2-4,9-11,14H2,1H3. The fourth-order valence-corrected chi connectivity index (χ4v) is 4.90. The summed E-state index contributed by atoms with van der Waals surface area (Å²) in [6.45, 7) is 4.39. The lowest BCUT2D eigenvalue weighted by atomic mass is 10.1. The molecule has 30 heavy (non-hydrogen) atoms. The molecule has 2 aromatic carbocycles. The average Bonchev–Trinajstić information content (AvgIpc) is 3.45. The second-order valence-electron chi connectivity index (χ2n) is 7.56. The maximum absolute atomic E-state index is 13.6. The summed E-state index contributed by atoms with van der Waals surface area (Å²) >= 11 is 1.55. The highest BCUT2D eigenvalue weighted by atomic mass is 32.1. The first-order valence-electron chi connectivity index (χ1n) is 10.4. The number of hydrogen-bond donors (Lipinski definition) is 0. The lowest BCUT2D eigenvalue weighted by Gasteiger charge is -2.24. The van der Waals surface area contributed by atoms with E-state index in [0.717, 1.165) is 36.1 Å². The van der Waals surface area contributed by atoms with Gasteiger partial charge in [-0.05, 0) is 55.2 Å². The Bertz CT molecular complexity index is 1070. The van der Waals surface area contributed by atoms with Crippen LogP contribution >= 0.6 is 11.3 Å². The van der Waals surface area contributed by atoms with Crippen LogP contribution in [-0.2, 0) is 11.2 Å². The van der Waals surface area contributed by atoms with Crippen LogP contribution in [0.1, 0.15) is 35.7 Å². The first-order valence-corrected chi connectivity index (χ1v) is 11.3. The molecular weight excluding hydrogens is 400 g/mol. The van der Waals surface area contributed by atoms with Gasteiger partial charge in [0.25, 0.3) is 5.91 Å². The molecule has 2 aliphatic heterocycles. The zero-order chi connectivity index (χ0) is 20.5. The number of aryl methyl sites for hydroxylation is 1. The molecule has 0 bridgehead atoms. The van der Waals surface area contributed by atoms with Gasteiger partial charge in [-0.1, -0.05) is 24.3 Å². The van der Waals surface area contributed by atoms with Gasteiger partial charge < -0.3 is 14.2 Å². The Kier molecular flexibility index (Phi) is 5.31. The zero-order valence-corrected chi connectivity index (χ0v) is 17.7.